The molecular formula is C14H12BrFN2O. The van der Waals surface area contributed by atoms with Crippen LogP contribution in [0.25, 0.3) is 0 Å². The van der Waals surface area contributed by atoms with Gasteiger partial charge in [-0.15, -0.1) is 0 Å². The molecule has 0 aliphatic heterocycles. The standard InChI is InChI=1S/C14H12BrFN2O/c1-8-6-10(17)3-5-13(8)18-14(19)11-7-9(16)2-4-12(11)15/h2-7H,17H2,1H3,(H,18,19). The van der Waals surface area contributed by atoms with Crippen molar-refractivity contribution in [3.63, 3.8) is 0 Å². The molecule has 3 N–H and O–H groups in total. The first kappa shape index (κ1) is 13.5. The van der Waals surface area contributed by atoms with Crippen molar-refractivity contribution in [1.82, 2.24) is 0 Å². The Hall–Kier alpha value is -1.88. The van der Waals surface area contributed by atoms with Gasteiger partial charge in [0.15, 0.2) is 0 Å². The monoisotopic (exact) mass is 322 g/mol. The molecule has 0 aliphatic carbocycles. The van der Waals surface area contributed by atoms with E-state index >= 15 is 0 Å². The first-order valence-corrected chi connectivity index (χ1v) is 6.39. The van der Waals surface area contributed by atoms with E-state index in [-0.39, 0.29) is 11.5 Å². The van der Waals surface area contributed by atoms with Gasteiger partial charge < -0.3 is 11.1 Å². The third-order valence-electron chi connectivity index (χ3n) is 2.67. The second-order valence-electron chi connectivity index (χ2n) is 4.15. The van der Waals surface area contributed by atoms with Gasteiger partial charge in [0, 0.05) is 15.8 Å². The van der Waals surface area contributed by atoms with Crippen molar-refractivity contribution >= 4 is 33.2 Å². The van der Waals surface area contributed by atoms with E-state index in [2.05, 4.69) is 21.2 Å². The van der Waals surface area contributed by atoms with E-state index in [9.17, 15) is 9.18 Å². The molecule has 0 radical (unpaired) electrons. The van der Waals surface area contributed by atoms with Gasteiger partial charge in [-0.3, -0.25) is 4.79 Å². The summed E-state index contributed by atoms with van der Waals surface area (Å²) < 4.78 is 13.7. The molecule has 5 heteroatoms. The number of aryl methyl sites for hydroxylation is 1. The van der Waals surface area contributed by atoms with Gasteiger partial charge in [0.05, 0.1) is 5.56 Å². The molecule has 2 rings (SSSR count). The maximum atomic E-state index is 13.2. The summed E-state index contributed by atoms with van der Waals surface area (Å²) in [5, 5.41) is 2.73. The lowest BCUT2D eigenvalue weighted by Gasteiger charge is -2.10. The van der Waals surface area contributed by atoms with Crippen LogP contribution in [-0.2, 0) is 0 Å². The van der Waals surface area contributed by atoms with Crippen LogP contribution in [0.3, 0.4) is 0 Å². The molecule has 2 aromatic rings. The molecule has 2 aromatic carbocycles. The first-order valence-electron chi connectivity index (χ1n) is 5.60. The molecule has 19 heavy (non-hydrogen) atoms. The molecule has 0 saturated heterocycles. The van der Waals surface area contributed by atoms with Crippen molar-refractivity contribution in [3.8, 4) is 0 Å². The van der Waals surface area contributed by atoms with Crippen molar-refractivity contribution in [3.05, 3.63) is 57.8 Å². The molecule has 0 spiro atoms. The number of hydrogen-bond donors (Lipinski definition) is 2. The second-order valence-corrected chi connectivity index (χ2v) is 5.01. The van der Waals surface area contributed by atoms with Crippen molar-refractivity contribution in [1.29, 1.82) is 0 Å². The van der Waals surface area contributed by atoms with Crippen LogP contribution in [0.2, 0.25) is 0 Å². The van der Waals surface area contributed by atoms with E-state index in [0.717, 1.165) is 5.56 Å². The quantitative estimate of drug-likeness (QED) is 0.828. The highest BCUT2D eigenvalue weighted by Crippen LogP contribution is 2.22. The van der Waals surface area contributed by atoms with Crippen molar-refractivity contribution in [2.45, 2.75) is 6.92 Å². The number of nitrogens with two attached hydrogens (primary N) is 1. The lowest BCUT2D eigenvalue weighted by atomic mass is 10.1. The molecule has 1 amide bonds. The molecule has 0 fully saturated rings. The molecule has 0 aliphatic rings. The Morgan fingerprint density at radius 3 is 2.68 bits per heavy atom. The van der Waals surface area contributed by atoms with Crippen LogP contribution in [0.4, 0.5) is 15.8 Å². The zero-order valence-corrected chi connectivity index (χ0v) is 11.8. The third kappa shape index (κ3) is 3.12. The molecule has 0 bridgehead atoms. The SMILES string of the molecule is Cc1cc(N)ccc1NC(=O)c1cc(F)ccc1Br. The summed E-state index contributed by atoms with van der Waals surface area (Å²) in [4.78, 5) is 12.1. The fraction of sp³-hybridized carbons (Fsp3) is 0.0714. The lowest BCUT2D eigenvalue weighted by Crippen LogP contribution is -2.13. The van der Waals surface area contributed by atoms with Crippen LogP contribution in [-0.4, -0.2) is 5.91 Å². The van der Waals surface area contributed by atoms with E-state index in [1.54, 1.807) is 18.2 Å². The van der Waals surface area contributed by atoms with Crippen LogP contribution in [0.1, 0.15) is 15.9 Å². The fourth-order valence-electron chi connectivity index (χ4n) is 1.69. The third-order valence-corrected chi connectivity index (χ3v) is 3.36. The van der Waals surface area contributed by atoms with E-state index in [4.69, 9.17) is 5.73 Å². The molecule has 0 aromatic heterocycles. The summed E-state index contributed by atoms with van der Waals surface area (Å²) >= 11 is 3.23. The zero-order valence-electron chi connectivity index (χ0n) is 10.2. The van der Waals surface area contributed by atoms with E-state index in [1.807, 2.05) is 6.92 Å². The van der Waals surface area contributed by atoms with Crippen molar-refractivity contribution < 1.29 is 9.18 Å². The van der Waals surface area contributed by atoms with Gasteiger partial charge in [-0.1, -0.05) is 0 Å². The van der Waals surface area contributed by atoms with Gasteiger partial charge >= 0.3 is 0 Å². The van der Waals surface area contributed by atoms with Crippen LogP contribution < -0.4 is 11.1 Å². The van der Waals surface area contributed by atoms with E-state index in [0.29, 0.717) is 15.8 Å². The summed E-state index contributed by atoms with van der Waals surface area (Å²) in [5.74, 6) is -0.832. The zero-order chi connectivity index (χ0) is 14.0. The van der Waals surface area contributed by atoms with Crippen LogP contribution in [0, 0.1) is 12.7 Å². The number of halogens is 2. The largest absolute Gasteiger partial charge is 0.399 e. The van der Waals surface area contributed by atoms with Gasteiger partial charge in [0.1, 0.15) is 5.82 Å². The fourth-order valence-corrected chi connectivity index (χ4v) is 2.11. The average molecular weight is 323 g/mol. The summed E-state index contributed by atoms with van der Waals surface area (Å²) in [6.45, 7) is 1.84. The van der Waals surface area contributed by atoms with Gasteiger partial charge in [-0.05, 0) is 64.8 Å². The maximum absolute atomic E-state index is 13.2. The normalized spacial score (nSPS) is 10.3. The minimum atomic E-state index is -0.456. The number of hydrogen-bond acceptors (Lipinski definition) is 2. The number of carbonyl (C=O) groups excluding carboxylic acids is 1. The number of rotatable bonds is 2. The first-order chi connectivity index (χ1) is 8.97. The molecule has 0 atom stereocenters. The molecule has 0 heterocycles. The molecule has 3 nitrogen and oxygen atoms in total. The summed E-state index contributed by atoms with van der Waals surface area (Å²) in [6.07, 6.45) is 0. The van der Waals surface area contributed by atoms with Crippen molar-refractivity contribution in [2.24, 2.45) is 0 Å². The number of carbonyl (C=O) groups is 1. The second kappa shape index (κ2) is 5.40. The minimum Gasteiger partial charge on any atom is -0.399 e. The summed E-state index contributed by atoms with van der Waals surface area (Å²) in [6, 6.07) is 9.15. The Labute approximate surface area is 118 Å². The predicted molar refractivity (Wildman–Crippen MR) is 77.6 cm³/mol. The van der Waals surface area contributed by atoms with Gasteiger partial charge in [0.25, 0.3) is 5.91 Å². The maximum Gasteiger partial charge on any atom is 0.256 e. The predicted octanol–water partition coefficient (Wildman–Crippen LogP) is 3.73. The topological polar surface area (TPSA) is 55.1 Å². The Kier molecular flexibility index (Phi) is 3.85. The number of nitrogens with one attached hydrogen (secondary N) is 1. The molecule has 0 unspecified atom stereocenters. The van der Waals surface area contributed by atoms with Gasteiger partial charge in [-0.25, -0.2) is 4.39 Å². The van der Waals surface area contributed by atoms with Crippen LogP contribution in [0.15, 0.2) is 40.9 Å². The Morgan fingerprint density at radius 1 is 1.26 bits per heavy atom. The number of amides is 1. The van der Waals surface area contributed by atoms with E-state index in [1.165, 1.54) is 18.2 Å². The number of anilines is 2. The highest BCUT2D eigenvalue weighted by atomic mass is 79.9. The average Bonchev–Trinajstić information content (AvgIpc) is 2.35. The van der Waals surface area contributed by atoms with Crippen molar-refractivity contribution in [2.75, 3.05) is 11.1 Å². The lowest BCUT2D eigenvalue weighted by molar-refractivity contribution is 0.102. The Bertz CT molecular complexity index is 643. The number of benzene rings is 2. The van der Waals surface area contributed by atoms with E-state index < -0.39 is 5.82 Å². The molecule has 0 saturated carbocycles. The van der Waals surface area contributed by atoms with Crippen LogP contribution in [0.5, 0.6) is 0 Å². The number of nitrogen functional groups attached to an aromatic ring is 1. The Balaban J connectivity index is 2.28. The minimum absolute atomic E-state index is 0.247. The van der Waals surface area contributed by atoms with Gasteiger partial charge in [-0.2, -0.15) is 0 Å². The van der Waals surface area contributed by atoms with Gasteiger partial charge in [0.2, 0.25) is 0 Å². The smallest absolute Gasteiger partial charge is 0.256 e. The Morgan fingerprint density at radius 2 is 2.00 bits per heavy atom. The van der Waals surface area contributed by atoms with Crippen LogP contribution >= 0.6 is 15.9 Å². The highest BCUT2D eigenvalue weighted by Gasteiger charge is 2.12. The molecular weight excluding hydrogens is 311 g/mol. The summed E-state index contributed by atoms with van der Waals surface area (Å²) in [5.41, 5.74) is 8.01. The summed E-state index contributed by atoms with van der Waals surface area (Å²) in [7, 11) is 0. The highest BCUT2D eigenvalue weighted by molar-refractivity contribution is 9.10. The molecule has 98 valence electrons.